The zero-order valence-corrected chi connectivity index (χ0v) is 16.8. The molecule has 2 aromatic heterocycles. The number of halogens is 1. The number of rotatable bonds is 5. The second kappa shape index (κ2) is 7.58. The van der Waals surface area contributed by atoms with Gasteiger partial charge in [-0.05, 0) is 17.2 Å². The summed E-state index contributed by atoms with van der Waals surface area (Å²) >= 11 is 3.02. The number of aromatic nitrogens is 2. The van der Waals surface area contributed by atoms with Crippen LogP contribution < -0.4 is 10.5 Å². The Labute approximate surface area is 165 Å². The van der Waals surface area contributed by atoms with Gasteiger partial charge in [0.25, 0.3) is 5.56 Å². The van der Waals surface area contributed by atoms with E-state index in [4.69, 9.17) is 4.98 Å². The van der Waals surface area contributed by atoms with E-state index < -0.39 is 0 Å². The van der Waals surface area contributed by atoms with E-state index in [1.165, 1.54) is 33.2 Å². The third kappa shape index (κ3) is 3.47. The SMILES string of the molecule is C=CCn1c(SCc2ccccc2F)nc2sc3c(c2c1=O)CC[NH+](C)C3. The Morgan fingerprint density at radius 3 is 3.04 bits per heavy atom. The normalized spacial score (nSPS) is 16.4. The van der Waals surface area contributed by atoms with Crippen LogP contribution in [0.5, 0.6) is 0 Å². The van der Waals surface area contributed by atoms with Gasteiger partial charge in [0.2, 0.25) is 0 Å². The van der Waals surface area contributed by atoms with E-state index in [0.29, 0.717) is 23.0 Å². The summed E-state index contributed by atoms with van der Waals surface area (Å²) < 4.78 is 15.6. The van der Waals surface area contributed by atoms with Crippen molar-refractivity contribution in [3.8, 4) is 0 Å². The van der Waals surface area contributed by atoms with Gasteiger partial charge in [-0.1, -0.05) is 36.0 Å². The van der Waals surface area contributed by atoms with Gasteiger partial charge < -0.3 is 4.90 Å². The minimum Gasteiger partial charge on any atom is -0.333 e. The fraction of sp³-hybridized carbons (Fsp3) is 0.300. The van der Waals surface area contributed by atoms with E-state index in [-0.39, 0.29) is 11.4 Å². The predicted molar refractivity (Wildman–Crippen MR) is 109 cm³/mol. The molecule has 4 nitrogen and oxygen atoms in total. The number of hydrogen-bond acceptors (Lipinski definition) is 4. The number of thioether (sulfide) groups is 1. The molecule has 1 unspecified atom stereocenters. The molecule has 3 aromatic rings. The van der Waals surface area contributed by atoms with E-state index in [1.807, 2.05) is 6.07 Å². The van der Waals surface area contributed by atoms with E-state index in [2.05, 4.69) is 13.6 Å². The number of likely N-dealkylation sites (N-methyl/N-ethyl adjacent to an activating group) is 1. The quantitative estimate of drug-likeness (QED) is 0.405. The molecule has 140 valence electrons. The van der Waals surface area contributed by atoms with Crippen molar-refractivity contribution in [2.75, 3.05) is 13.6 Å². The molecule has 3 heterocycles. The van der Waals surface area contributed by atoms with E-state index in [1.54, 1.807) is 34.1 Å². The van der Waals surface area contributed by atoms with Crippen LogP contribution in [0.15, 0.2) is 46.9 Å². The summed E-state index contributed by atoms with van der Waals surface area (Å²) in [7, 11) is 2.17. The molecular weight excluding hydrogens is 381 g/mol. The zero-order chi connectivity index (χ0) is 19.0. The summed E-state index contributed by atoms with van der Waals surface area (Å²) in [5.74, 6) is 0.195. The summed E-state index contributed by atoms with van der Waals surface area (Å²) in [5, 5.41) is 1.38. The lowest BCUT2D eigenvalue weighted by Gasteiger charge is -2.19. The first-order valence-corrected chi connectivity index (χ1v) is 10.7. The molecule has 0 amide bonds. The Kier molecular flexibility index (Phi) is 5.16. The van der Waals surface area contributed by atoms with Gasteiger partial charge in [-0.15, -0.1) is 17.9 Å². The molecule has 0 fully saturated rings. The summed E-state index contributed by atoms with van der Waals surface area (Å²) in [6.07, 6.45) is 2.62. The van der Waals surface area contributed by atoms with Gasteiger partial charge >= 0.3 is 0 Å². The Morgan fingerprint density at radius 1 is 1.44 bits per heavy atom. The van der Waals surface area contributed by atoms with Crippen LogP contribution in [-0.2, 0) is 25.3 Å². The van der Waals surface area contributed by atoms with Crippen molar-refractivity contribution >= 4 is 33.3 Å². The van der Waals surface area contributed by atoms with Gasteiger partial charge in [0, 0.05) is 18.7 Å². The largest absolute Gasteiger partial charge is 0.333 e. The predicted octanol–water partition coefficient (Wildman–Crippen LogP) is 2.65. The van der Waals surface area contributed by atoms with E-state index in [0.717, 1.165) is 29.7 Å². The molecule has 7 heteroatoms. The lowest BCUT2D eigenvalue weighted by Crippen LogP contribution is -3.08. The number of hydrogen-bond donors (Lipinski definition) is 1. The van der Waals surface area contributed by atoms with Crippen LogP contribution in [0.1, 0.15) is 16.0 Å². The van der Waals surface area contributed by atoms with Gasteiger partial charge in [0.15, 0.2) is 5.16 Å². The molecule has 0 aliphatic carbocycles. The van der Waals surface area contributed by atoms with Crippen molar-refractivity contribution in [1.82, 2.24) is 9.55 Å². The van der Waals surface area contributed by atoms with Crippen LogP contribution in [-0.4, -0.2) is 23.1 Å². The van der Waals surface area contributed by atoms with Gasteiger partial charge in [-0.3, -0.25) is 9.36 Å². The van der Waals surface area contributed by atoms with E-state index >= 15 is 0 Å². The molecule has 0 bridgehead atoms. The van der Waals surface area contributed by atoms with Crippen LogP contribution in [0.25, 0.3) is 10.2 Å². The average Bonchev–Trinajstić information content (AvgIpc) is 3.01. The molecule has 1 N–H and O–H groups in total. The van der Waals surface area contributed by atoms with Gasteiger partial charge in [0.05, 0.1) is 23.9 Å². The van der Waals surface area contributed by atoms with Gasteiger partial charge in [-0.2, -0.15) is 0 Å². The fourth-order valence-electron chi connectivity index (χ4n) is 3.43. The molecule has 0 spiro atoms. The van der Waals surface area contributed by atoms with Crippen molar-refractivity contribution in [3.05, 3.63) is 69.1 Å². The van der Waals surface area contributed by atoms with Crippen molar-refractivity contribution in [3.63, 3.8) is 0 Å². The number of benzene rings is 1. The molecule has 1 atom stereocenters. The monoisotopic (exact) mass is 402 g/mol. The lowest BCUT2D eigenvalue weighted by atomic mass is 10.1. The minimum absolute atomic E-state index is 0.00649. The maximum atomic E-state index is 13.9. The number of allylic oxidation sites excluding steroid dienone is 1. The summed E-state index contributed by atoms with van der Waals surface area (Å²) in [6.45, 7) is 6.15. The Balaban J connectivity index is 1.78. The van der Waals surface area contributed by atoms with Crippen LogP contribution in [0.3, 0.4) is 0 Å². The van der Waals surface area contributed by atoms with Crippen molar-refractivity contribution < 1.29 is 9.29 Å². The number of nitrogens with zero attached hydrogens (tertiary/aromatic N) is 2. The molecular formula is C20H21FN3OS2+. The van der Waals surface area contributed by atoms with E-state index in [9.17, 15) is 9.18 Å². The maximum absolute atomic E-state index is 13.9. The highest BCUT2D eigenvalue weighted by Gasteiger charge is 2.25. The summed E-state index contributed by atoms with van der Waals surface area (Å²) in [5.41, 5.74) is 1.77. The number of nitrogens with one attached hydrogen (secondary N) is 1. The minimum atomic E-state index is -0.235. The third-order valence-electron chi connectivity index (χ3n) is 4.85. The topological polar surface area (TPSA) is 39.3 Å². The third-order valence-corrected chi connectivity index (χ3v) is 7.00. The second-order valence-electron chi connectivity index (χ2n) is 6.80. The van der Waals surface area contributed by atoms with Gasteiger partial charge in [0.1, 0.15) is 17.2 Å². The number of quaternary nitrogens is 1. The molecule has 1 aromatic carbocycles. The first-order valence-electron chi connectivity index (χ1n) is 8.92. The smallest absolute Gasteiger partial charge is 0.263 e. The van der Waals surface area contributed by atoms with Crippen LogP contribution in [0.4, 0.5) is 4.39 Å². The first kappa shape index (κ1) is 18.4. The van der Waals surface area contributed by atoms with Gasteiger partial charge in [-0.25, -0.2) is 9.37 Å². The van der Waals surface area contributed by atoms with Crippen LogP contribution in [0.2, 0.25) is 0 Å². The highest BCUT2D eigenvalue weighted by Crippen LogP contribution is 2.31. The first-order chi connectivity index (χ1) is 13.1. The Bertz CT molecular complexity index is 1070. The lowest BCUT2D eigenvalue weighted by molar-refractivity contribution is -0.895. The molecule has 1 aliphatic rings. The highest BCUT2D eigenvalue weighted by molar-refractivity contribution is 7.98. The van der Waals surface area contributed by atoms with Crippen LogP contribution >= 0.6 is 23.1 Å². The molecule has 4 rings (SSSR count). The summed E-state index contributed by atoms with van der Waals surface area (Å²) in [4.78, 5) is 21.5. The number of fused-ring (bicyclic) bond motifs is 3. The maximum Gasteiger partial charge on any atom is 0.263 e. The molecule has 0 saturated heterocycles. The average molecular weight is 403 g/mol. The Morgan fingerprint density at radius 2 is 2.26 bits per heavy atom. The van der Waals surface area contributed by atoms with Crippen molar-refractivity contribution in [1.29, 1.82) is 0 Å². The van der Waals surface area contributed by atoms with Crippen molar-refractivity contribution in [2.45, 2.75) is 30.4 Å². The molecule has 27 heavy (non-hydrogen) atoms. The fourth-order valence-corrected chi connectivity index (χ4v) is 5.80. The molecule has 0 radical (unpaired) electrons. The summed E-state index contributed by atoms with van der Waals surface area (Å²) in [6, 6.07) is 6.71. The standard InChI is InChI=1S/C20H20FN3OS2/c1-3-9-24-19(25)17-14-8-10-23(2)11-16(14)27-18(17)22-20(24)26-12-13-6-4-5-7-15(13)21/h3-7H,1,8-12H2,2H3/p+1. The van der Waals surface area contributed by atoms with Crippen LogP contribution in [0, 0.1) is 5.82 Å². The highest BCUT2D eigenvalue weighted by atomic mass is 32.2. The second-order valence-corrected chi connectivity index (χ2v) is 8.82. The van der Waals surface area contributed by atoms with Crippen molar-refractivity contribution in [2.24, 2.45) is 0 Å². The number of thiophene rings is 1. The molecule has 1 aliphatic heterocycles. The zero-order valence-electron chi connectivity index (χ0n) is 15.1. The Hall–Kier alpha value is -1.96. The molecule has 0 saturated carbocycles.